The predicted octanol–water partition coefficient (Wildman–Crippen LogP) is 2.16. The molecule has 142 valence electrons. The maximum absolute atomic E-state index is 12.8. The number of nitrogens with one attached hydrogen (secondary N) is 1. The zero-order valence-corrected chi connectivity index (χ0v) is 16.2. The lowest BCUT2D eigenvalue weighted by molar-refractivity contribution is 0.122. The Morgan fingerprint density at radius 3 is 2.89 bits per heavy atom. The number of nitrogens with zero attached hydrogens (tertiary/aromatic N) is 4. The van der Waals surface area contributed by atoms with E-state index in [2.05, 4.69) is 24.8 Å². The standard InChI is InChI=1S/C17H18ClN5O3S/c1-25-14-3-2-11-16(21-14)22-17(20-11)27(24)10-12-15(18)13(4-5-19-12)23-6-8-26-9-7-23/h2-5H,6-10H2,1H3,(H,20,21,22)/t27-/m1/s1. The molecule has 1 aliphatic heterocycles. The summed E-state index contributed by atoms with van der Waals surface area (Å²) < 4.78 is 23.3. The molecule has 1 fully saturated rings. The number of methoxy groups -OCH3 is 1. The second-order valence-corrected chi connectivity index (χ2v) is 7.69. The van der Waals surface area contributed by atoms with Crippen LogP contribution in [0.4, 0.5) is 5.69 Å². The first-order valence-corrected chi connectivity index (χ1v) is 10.1. The van der Waals surface area contributed by atoms with E-state index >= 15 is 0 Å². The fourth-order valence-electron chi connectivity index (χ4n) is 2.89. The average molecular weight is 408 g/mol. The molecule has 0 spiro atoms. The highest BCUT2D eigenvalue weighted by Crippen LogP contribution is 2.30. The molecule has 0 amide bonds. The van der Waals surface area contributed by atoms with Gasteiger partial charge >= 0.3 is 0 Å². The Labute approximate surface area is 163 Å². The quantitative estimate of drug-likeness (QED) is 0.692. The largest absolute Gasteiger partial charge is 0.481 e. The Morgan fingerprint density at radius 1 is 1.30 bits per heavy atom. The summed E-state index contributed by atoms with van der Waals surface area (Å²) in [5.41, 5.74) is 2.61. The number of rotatable bonds is 5. The Balaban J connectivity index is 1.57. The molecule has 4 heterocycles. The van der Waals surface area contributed by atoms with Gasteiger partial charge in [-0.1, -0.05) is 11.6 Å². The number of aromatic amines is 1. The van der Waals surface area contributed by atoms with Crippen LogP contribution < -0.4 is 9.64 Å². The smallest absolute Gasteiger partial charge is 0.215 e. The molecule has 1 aliphatic rings. The van der Waals surface area contributed by atoms with Crippen LogP contribution in [0.1, 0.15) is 5.69 Å². The summed E-state index contributed by atoms with van der Waals surface area (Å²) in [7, 11) is 0.1000. The zero-order valence-electron chi connectivity index (χ0n) is 14.6. The van der Waals surface area contributed by atoms with E-state index in [1.54, 1.807) is 18.3 Å². The van der Waals surface area contributed by atoms with E-state index in [9.17, 15) is 4.21 Å². The van der Waals surface area contributed by atoms with Gasteiger partial charge in [0.15, 0.2) is 10.8 Å². The Kier molecular flexibility index (Phi) is 5.24. The predicted molar refractivity (Wildman–Crippen MR) is 103 cm³/mol. The van der Waals surface area contributed by atoms with Gasteiger partial charge in [0.1, 0.15) is 0 Å². The topological polar surface area (TPSA) is 93.2 Å². The highest BCUT2D eigenvalue weighted by molar-refractivity contribution is 7.84. The molecule has 1 N–H and O–H groups in total. The molecule has 1 atom stereocenters. The van der Waals surface area contributed by atoms with Crippen molar-refractivity contribution in [1.82, 2.24) is 19.9 Å². The highest BCUT2D eigenvalue weighted by atomic mass is 35.5. The molecule has 4 rings (SSSR count). The second kappa shape index (κ2) is 7.79. The first kappa shape index (κ1) is 18.1. The van der Waals surface area contributed by atoms with E-state index in [1.807, 2.05) is 6.07 Å². The Hall–Kier alpha value is -2.23. The van der Waals surface area contributed by atoms with E-state index in [0.717, 1.165) is 18.8 Å². The van der Waals surface area contributed by atoms with Crippen LogP contribution in [-0.2, 0) is 21.3 Å². The monoisotopic (exact) mass is 407 g/mol. The summed E-state index contributed by atoms with van der Waals surface area (Å²) in [5, 5.41) is 0.851. The van der Waals surface area contributed by atoms with Crippen molar-refractivity contribution < 1.29 is 13.7 Å². The molecular formula is C17H18ClN5O3S. The van der Waals surface area contributed by atoms with Crippen molar-refractivity contribution in [2.24, 2.45) is 0 Å². The molecule has 8 nitrogen and oxygen atoms in total. The normalized spacial score (nSPS) is 15.9. The number of morpholine rings is 1. The van der Waals surface area contributed by atoms with Crippen molar-refractivity contribution in [2.75, 3.05) is 38.3 Å². The van der Waals surface area contributed by atoms with E-state index in [-0.39, 0.29) is 5.75 Å². The van der Waals surface area contributed by atoms with Gasteiger partial charge in [-0.2, -0.15) is 4.98 Å². The lowest BCUT2D eigenvalue weighted by Gasteiger charge is -2.29. The van der Waals surface area contributed by atoms with Crippen molar-refractivity contribution in [3.63, 3.8) is 0 Å². The number of ether oxygens (including phenoxy) is 2. The number of hydrogen-bond acceptors (Lipinski definition) is 7. The molecule has 0 saturated carbocycles. The van der Waals surface area contributed by atoms with Crippen LogP contribution in [0, 0.1) is 0 Å². The summed E-state index contributed by atoms with van der Waals surface area (Å²) in [5.74, 6) is 0.614. The number of H-pyrrole nitrogens is 1. The summed E-state index contributed by atoms with van der Waals surface area (Å²) in [4.78, 5) is 18.1. The van der Waals surface area contributed by atoms with Gasteiger partial charge < -0.3 is 19.4 Å². The fraction of sp³-hybridized carbons (Fsp3) is 0.353. The zero-order chi connectivity index (χ0) is 18.8. The third-order valence-corrected chi connectivity index (χ3v) is 5.86. The average Bonchev–Trinajstić information content (AvgIpc) is 3.13. The molecule has 10 heteroatoms. The van der Waals surface area contributed by atoms with Crippen LogP contribution in [0.25, 0.3) is 11.2 Å². The third-order valence-electron chi connectivity index (χ3n) is 4.28. The first-order chi connectivity index (χ1) is 13.2. The molecule has 3 aromatic heterocycles. The number of anilines is 1. The third kappa shape index (κ3) is 3.76. The van der Waals surface area contributed by atoms with Gasteiger partial charge in [-0.3, -0.25) is 9.19 Å². The summed E-state index contributed by atoms with van der Waals surface area (Å²) in [6.07, 6.45) is 1.69. The SMILES string of the molecule is COc1ccc2[nH]c([S@](=O)Cc3nccc(N4CCOCC4)c3Cl)nc2n1. The van der Waals surface area contributed by atoms with Crippen LogP contribution in [0.2, 0.25) is 5.02 Å². The molecule has 0 aromatic carbocycles. The van der Waals surface area contributed by atoms with E-state index < -0.39 is 10.8 Å². The minimum atomic E-state index is -1.44. The van der Waals surface area contributed by atoms with Gasteiger partial charge in [-0.25, -0.2) is 4.98 Å². The van der Waals surface area contributed by atoms with Crippen molar-refractivity contribution in [1.29, 1.82) is 0 Å². The van der Waals surface area contributed by atoms with Gasteiger partial charge in [0.05, 0.1) is 58.8 Å². The van der Waals surface area contributed by atoms with Gasteiger partial charge in [0.25, 0.3) is 0 Å². The number of pyridine rings is 2. The second-order valence-electron chi connectivity index (χ2n) is 5.95. The first-order valence-electron chi connectivity index (χ1n) is 8.41. The van der Waals surface area contributed by atoms with Crippen LogP contribution in [-0.4, -0.2) is 57.6 Å². The molecule has 0 unspecified atom stereocenters. The Bertz CT molecular complexity index is 990. The van der Waals surface area contributed by atoms with Crippen molar-refractivity contribution in [3.8, 4) is 5.88 Å². The maximum atomic E-state index is 12.8. The Morgan fingerprint density at radius 2 is 2.11 bits per heavy atom. The number of aromatic nitrogens is 4. The van der Waals surface area contributed by atoms with Crippen LogP contribution in [0.15, 0.2) is 29.6 Å². The van der Waals surface area contributed by atoms with Crippen molar-refractivity contribution in [3.05, 3.63) is 35.1 Å². The fourth-order valence-corrected chi connectivity index (χ4v) is 4.29. The van der Waals surface area contributed by atoms with E-state index in [1.165, 1.54) is 7.11 Å². The van der Waals surface area contributed by atoms with Crippen LogP contribution in [0.3, 0.4) is 0 Å². The van der Waals surface area contributed by atoms with Crippen LogP contribution in [0.5, 0.6) is 5.88 Å². The molecule has 0 radical (unpaired) electrons. The summed E-state index contributed by atoms with van der Waals surface area (Å²) in [6.45, 7) is 2.86. The summed E-state index contributed by atoms with van der Waals surface area (Å²) >= 11 is 6.55. The van der Waals surface area contributed by atoms with Crippen molar-refractivity contribution in [2.45, 2.75) is 10.9 Å². The number of hydrogen-bond donors (Lipinski definition) is 1. The van der Waals surface area contributed by atoms with Gasteiger partial charge in [-0.15, -0.1) is 0 Å². The van der Waals surface area contributed by atoms with E-state index in [0.29, 0.717) is 46.1 Å². The summed E-state index contributed by atoms with van der Waals surface area (Å²) in [6, 6.07) is 5.38. The molecule has 1 saturated heterocycles. The van der Waals surface area contributed by atoms with Gasteiger partial charge in [-0.05, 0) is 12.1 Å². The molecule has 0 bridgehead atoms. The minimum absolute atomic E-state index is 0.161. The van der Waals surface area contributed by atoms with Gasteiger partial charge in [0.2, 0.25) is 5.88 Å². The number of imidazole rings is 1. The molecule has 27 heavy (non-hydrogen) atoms. The lowest BCUT2D eigenvalue weighted by atomic mass is 10.3. The van der Waals surface area contributed by atoms with Crippen LogP contribution >= 0.6 is 11.6 Å². The number of fused-ring (bicyclic) bond motifs is 1. The lowest BCUT2D eigenvalue weighted by Crippen LogP contribution is -2.36. The minimum Gasteiger partial charge on any atom is -0.481 e. The van der Waals surface area contributed by atoms with E-state index in [4.69, 9.17) is 21.1 Å². The maximum Gasteiger partial charge on any atom is 0.215 e. The highest BCUT2D eigenvalue weighted by Gasteiger charge is 2.19. The molecule has 0 aliphatic carbocycles. The molecular weight excluding hydrogens is 390 g/mol. The van der Waals surface area contributed by atoms with Gasteiger partial charge in [0, 0.05) is 25.4 Å². The number of halogens is 1. The van der Waals surface area contributed by atoms with Crippen molar-refractivity contribution >= 4 is 39.3 Å². The molecule has 3 aromatic rings.